The number of likely N-dealkylation sites (tertiary alicyclic amines) is 1. The third-order valence-corrected chi connectivity index (χ3v) is 4.60. The van der Waals surface area contributed by atoms with Gasteiger partial charge in [0.2, 0.25) is 5.91 Å². The van der Waals surface area contributed by atoms with Gasteiger partial charge in [-0.1, -0.05) is 44.2 Å². The molecule has 5 nitrogen and oxygen atoms in total. The maximum Gasteiger partial charge on any atom is 0.307 e. The number of rotatable bonds is 7. The number of benzene rings is 1. The van der Waals surface area contributed by atoms with Crippen molar-refractivity contribution in [3.63, 3.8) is 0 Å². The van der Waals surface area contributed by atoms with Gasteiger partial charge in [-0.3, -0.25) is 14.5 Å². The number of carbonyl (C=O) groups excluding carboxylic acids is 2. The fraction of sp³-hybridized carbons (Fsp3) is 0.600. The third kappa shape index (κ3) is 7.26. The number of amides is 1. The van der Waals surface area contributed by atoms with Crippen molar-refractivity contribution in [1.82, 2.24) is 10.2 Å². The van der Waals surface area contributed by atoms with Crippen LogP contribution in [0.2, 0.25) is 0 Å². The molecule has 2 atom stereocenters. The molecule has 0 bridgehead atoms. The van der Waals surface area contributed by atoms with Gasteiger partial charge in [-0.15, -0.1) is 0 Å². The lowest BCUT2D eigenvalue weighted by atomic mass is 9.97. The second kappa shape index (κ2) is 10.9. The summed E-state index contributed by atoms with van der Waals surface area (Å²) >= 11 is 0. The van der Waals surface area contributed by atoms with Gasteiger partial charge in [0.05, 0.1) is 13.0 Å². The smallest absolute Gasteiger partial charge is 0.307 e. The second-order valence-electron chi connectivity index (χ2n) is 6.55. The minimum atomic E-state index is -0.293. The van der Waals surface area contributed by atoms with E-state index in [1.807, 2.05) is 30.3 Å². The van der Waals surface area contributed by atoms with E-state index in [9.17, 15) is 9.59 Å². The first-order valence-electron chi connectivity index (χ1n) is 8.78. The van der Waals surface area contributed by atoms with Crippen LogP contribution in [-0.2, 0) is 20.9 Å². The molecule has 1 amide bonds. The summed E-state index contributed by atoms with van der Waals surface area (Å²) < 4.78 is 5.19. The molecule has 5 heteroatoms. The van der Waals surface area contributed by atoms with Gasteiger partial charge in [-0.25, -0.2) is 0 Å². The summed E-state index contributed by atoms with van der Waals surface area (Å²) in [5.41, 5.74) is 0.961. The zero-order chi connectivity index (χ0) is 17.4. The molecule has 1 aliphatic heterocycles. The first kappa shape index (κ1) is 21.2. The Hall–Kier alpha value is -1.88. The summed E-state index contributed by atoms with van der Waals surface area (Å²) in [6.07, 6.45) is 3.71. The monoisotopic (exact) mass is 348 g/mol. The zero-order valence-corrected chi connectivity index (χ0v) is 14.7. The van der Waals surface area contributed by atoms with Crippen molar-refractivity contribution < 1.29 is 14.3 Å². The number of hydrogen-bond donors (Lipinski definition) is 1. The molecule has 1 N–H and O–H groups in total. The molecule has 2 rings (SSSR count). The molecular weight excluding hydrogens is 316 g/mol. The van der Waals surface area contributed by atoms with E-state index in [-0.39, 0.29) is 32.3 Å². The number of esters is 1. The molecule has 1 aromatic rings. The Balaban J connectivity index is 0.00000312. The summed E-state index contributed by atoms with van der Waals surface area (Å²) in [6.45, 7) is 5.34. The van der Waals surface area contributed by atoms with Crippen molar-refractivity contribution in [2.75, 3.05) is 13.1 Å². The van der Waals surface area contributed by atoms with Crippen molar-refractivity contribution in [3.8, 4) is 0 Å². The van der Waals surface area contributed by atoms with E-state index in [1.54, 1.807) is 0 Å². The molecule has 1 aromatic carbocycles. The van der Waals surface area contributed by atoms with Crippen LogP contribution in [0.5, 0.6) is 0 Å². The van der Waals surface area contributed by atoms with Crippen molar-refractivity contribution in [1.29, 1.82) is 0 Å². The van der Waals surface area contributed by atoms with Crippen molar-refractivity contribution >= 4 is 11.9 Å². The molecule has 1 heterocycles. The topological polar surface area (TPSA) is 58.6 Å². The van der Waals surface area contributed by atoms with Crippen LogP contribution in [0.3, 0.4) is 0 Å². The van der Waals surface area contributed by atoms with E-state index in [2.05, 4.69) is 24.1 Å². The highest BCUT2D eigenvalue weighted by atomic mass is 16.5. The van der Waals surface area contributed by atoms with Gasteiger partial charge in [0.25, 0.3) is 0 Å². The summed E-state index contributed by atoms with van der Waals surface area (Å²) in [4.78, 5) is 26.0. The number of hydrogen-bond acceptors (Lipinski definition) is 4. The van der Waals surface area contributed by atoms with Crippen LogP contribution in [0.15, 0.2) is 30.3 Å². The average Bonchev–Trinajstić information content (AvgIpc) is 2.57. The normalized spacial score (nSPS) is 20.4. The predicted octanol–water partition coefficient (Wildman–Crippen LogP) is 3.14. The summed E-state index contributed by atoms with van der Waals surface area (Å²) in [6, 6.07) is 10.4. The van der Waals surface area contributed by atoms with Gasteiger partial charge in [0.15, 0.2) is 0 Å². The highest BCUT2D eigenvalue weighted by Crippen LogP contribution is 2.21. The van der Waals surface area contributed by atoms with Gasteiger partial charge < -0.3 is 10.1 Å². The molecule has 140 valence electrons. The van der Waals surface area contributed by atoms with E-state index in [0.29, 0.717) is 25.2 Å². The van der Waals surface area contributed by atoms with Crippen LogP contribution in [0.4, 0.5) is 0 Å². The number of nitrogens with one attached hydrogen (secondary N) is 1. The Morgan fingerprint density at radius 1 is 1.16 bits per heavy atom. The molecular formula is C20H32N2O3. The lowest BCUT2D eigenvalue weighted by Crippen LogP contribution is -2.48. The van der Waals surface area contributed by atoms with Gasteiger partial charge in [-0.05, 0) is 32.3 Å². The Bertz CT molecular complexity index is 523. The number of nitrogens with zero attached hydrogens (tertiary/aromatic N) is 1. The summed E-state index contributed by atoms with van der Waals surface area (Å²) in [5.74, 6) is -0.315. The number of carbonyl (C=O) groups is 2. The van der Waals surface area contributed by atoms with Crippen LogP contribution in [0, 0.1) is 0 Å². The molecule has 0 spiro atoms. The molecule has 2 unspecified atom stereocenters. The van der Waals surface area contributed by atoms with Gasteiger partial charge in [0.1, 0.15) is 6.61 Å². The van der Waals surface area contributed by atoms with E-state index < -0.39 is 0 Å². The van der Waals surface area contributed by atoms with E-state index in [1.165, 1.54) is 6.42 Å². The first-order valence-corrected chi connectivity index (χ1v) is 8.78. The van der Waals surface area contributed by atoms with Crippen LogP contribution >= 0.6 is 0 Å². The minimum absolute atomic E-state index is 0. The summed E-state index contributed by atoms with van der Waals surface area (Å²) in [5, 5.41) is 2.82. The van der Waals surface area contributed by atoms with E-state index in [4.69, 9.17) is 4.74 Å². The highest BCUT2D eigenvalue weighted by molar-refractivity contribution is 5.79. The zero-order valence-electron chi connectivity index (χ0n) is 14.7. The summed E-state index contributed by atoms with van der Waals surface area (Å²) in [7, 11) is 0. The maximum atomic E-state index is 12.1. The average molecular weight is 348 g/mol. The van der Waals surface area contributed by atoms with Crippen LogP contribution < -0.4 is 5.32 Å². The van der Waals surface area contributed by atoms with Gasteiger partial charge >= 0.3 is 5.97 Å². The maximum absolute atomic E-state index is 12.1. The standard InChI is InChI=1S/C19H28N2O3.CH4/c1-15-7-6-8-16(2)21(15)13-18(22)20-12-11-19(23)24-14-17-9-4-3-5-10-17;/h3-5,9-10,15-16H,6-8,11-14H2,1-2H3,(H,20,22);1H4. The Morgan fingerprint density at radius 3 is 2.44 bits per heavy atom. The Labute approximate surface area is 151 Å². The molecule has 0 radical (unpaired) electrons. The molecule has 0 aromatic heterocycles. The molecule has 1 saturated heterocycles. The third-order valence-electron chi connectivity index (χ3n) is 4.60. The minimum Gasteiger partial charge on any atom is -0.461 e. The highest BCUT2D eigenvalue weighted by Gasteiger charge is 2.26. The quantitative estimate of drug-likeness (QED) is 0.769. The van der Waals surface area contributed by atoms with E-state index >= 15 is 0 Å². The van der Waals surface area contributed by atoms with Crippen LogP contribution in [0.1, 0.15) is 52.5 Å². The van der Waals surface area contributed by atoms with E-state index in [0.717, 1.165) is 18.4 Å². The fourth-order valence-corrected chi connectivity index (χ4v) is 3.12. The Kier molecular flexibility index (Phi) is 9.21. The van der Waals surface area contributed by atoms with Crippen LogP contribution in [0.25, 0.3) is 0 Å². The fourth-order valence-electron chi connectivity index (χ4n) is 3.12. The largest absolute Gasteiger partial charge is 0.461 e. The van der Waals surface area contributed by atoms with Crippen molar-refractivity contribution in [2.24, 2.45) is 0 Å². The lowest BCUT2D eigenvalue weighted by molar-refractivity contribution is -0.144. The second-order valence-corrected chi connectivity index (χ2v) is 6.55. The Morgan fingerprint density at radius 2 is 1.80 bits per heavy atom. The predicted molar refractivity (Wildman–Crippen MR) is 100 cm³/mol. The number of ether oxygens (including phenoxy) is 1. The first-order chi connectivity index (χ1) is 11.6. The van der Waals surface area contributed by atoms with Gasteiger partial charge in [-0.2, -0.15) is 0 Å². The molecule has 0 aliphatic carbocycles. The van der Waals surface area contributed by atoms with Crippen LogP contribution in [-0.4, -0.2) is 41.9 Å². The molecule has 1 fully saturated rings. The van der Waals surface area contributed by atoms with Gasteiger partial charge in [0, 0.05) is 18.6 Å². The number of piperidine rings is 1. The SMILES string of the molecule is C.CC1CCCC(C)N1CC(=O)NCCC(=O)OCc1ccccc1. The van der Waals surface area contributed by atoms with Crippen molar-refractivity contribution in [3.05, 3.63) is 35.9 Å². The molecule has 1 aliphatic rings. The van der Waals surface area contributed by atoms with Crippen molar-refractivity contribution in [2.45, 2.75) is 65.6 Å². The molecule has 0 saturated carbocycles. The lowest BCUT2D eigenvalue weighted by Gasteiger charge is -2.38. The molecule has 25 heavy (non-hydrogen) atoms.